The summed E-state index contributed by atoms with van der Waals surface area (Å²) in [7, 11) is 1.92. The highest BCUT2D eigenvalue weighted by Gasteiger charge is 2.25. The molecule has 0 atom stereocenters. The number of piperidine rings is 1. The Morgan fingerprint density at radius 2 is 2.05 bits per heavy atom. The molecule has 1 saturated heterocycles. The fourth-order valence-corrected chi connectivity index (χ4v) is 5.38. The van der Waals surface area contributed by atoms with Gasteiger partial charge in [-0.2, -0.15) is 10.4 Å². The summed E-state index contributed by atoms with van der Waals surface area (Å²) >= 11 is 0. The number of amides is 1. The zero-order chi connectivity index (χ0) is 26.3. The number of pyridine rings is 1. The molecule has 2 aliphatic rings. The van der Waals surface area contributed by atoms with Gasteiger partial charge < -0.3 is 15.1 Å². The number of nitriles is 1. The fourth-order valence-electron chi connectivity index (χ4n) is 5.38. The molecule has 0 saturated carbocycles. The number of carbonyl (C=O) groups is 1. The summed E-state index contributed by atoms with van der Waals surface area (Å²) < 4.78 is 1.87. The second kappa shape index (κ2) is 12.2. The van der Waals surface area contributed by atoms with Gasteiger partial charge in [-0.15, -0.1) is 0 Å². The van der Waals surface area contributed by atoms with Crippen molar-refractivity contribution in [2.24, 2.45) is 0 Å². The third-order valence-electron chi connectivity index (χ3n) is 7.61. The van der Waals surface area contributed by atoms with Crippen molar-refractivity contribution in [1.82, 2.24) is 29.7 Å². The van der Waals surface area contributed by atoms with E-state index >= 15 is 0 Å². The molecule has 5 rings (SSSR count). The number of fused-ring (bicyclic) bond motifs is 1. The highest BCUT2D eigenvalue weighted by atomic mass is 16.2. The topological polar surface area (TPSA) is 89.6 Å². The van der Waals surface area contributed by atoms with Crippen molar-refractivity contribution >= 4 is 17.1 Å². The third-order valence-corrected chi connectivity index (χ3v) is 7.61. The maximum atomic E-state index is 13.2. The second-order valence-electron chi connectivity index (χ2n) is 10.1. The molecule has 4 heterocycles. The molecule has 38 heavy (non-hydrogen) atoms. The average Bonchev–Trinajstić information content (AvgIpc) is 3.38. The first-order valence-electron chi connectivity index (χ1n) is 13.5. The van der Waals surface area contributed by atoms with Crippen molar-refractivity contribution in [2.75, 3.05) is 39.8 Å². The first-order valence-corrected chi connectivity index (χ1v) is 13.5. The fraction of sp³-hybridized carbons (Fsp3) is 0.400. The van der Waals surface area contributed by atoms with E-state index in [0.29, 0.717) is 12.0 Å². The van der Waals surface area contributed by atoms with Crippen LogP contribution in [0.25, 0.3) is 11.2 Å². The molecule has 0 aliphatic carbocycles. The quantitative estimate of drug-likeness (QED) is 0.466. The van der Waals surface area contributed by atoms with Gasteiger partial charge in [0.25, 0.3) is 5.91 Å². The van der Waals surface area contributed by atoms with Crippen LogP contribution in [0.1, 0.15) is 53.0 Å². The molecule has 1 amide bonds. The van der Waals surface area contributed by atoms with E-state index in [4.69, 9.17) is 15.3 Å². The van der Waals surface area contributed by atoms with Gasteiger partial charge in [0.2, 0.25) is 0 Å². The maximum absolute atomic E-state index is 13.2. The number of hydrogen-bond donors (Lipinski definition) is 1. The lowest BCUT2D eigenvalue weighted by molar-refractivity contribution is 0.0644. The number of nitrogens with one attached hydrogen (secondary N) is 1. The summed E-state index contributed by atoms with van der Waals surface area (Å²) in [6.07, 6.45) is 12.1. The van der Waals surface area contributed by atoms with Gasteiger partial charge in [-0.05, 0) is 67.6 Å². The van der Waals surface area contributed by atoms with Gasteiger partial charge in [0.1, 0.15) is 0 Å². The van der Waals surface area contributed by atoms with Gasteiger partial charge in [0.15, 0.2) is 11.5 Å². The predicted octanol–water partition coefficient (Wildman–Crippen LogP) is 3.70. The zero-order valence-corrected chi connectivity index (χ0v) is 22.0. The number of aromatic nitrogens is 3. The lowest BCUT2D eigenvalue weighted by Crippen LogP contribution is -2.45. The number of hydrogen-bond acceptors (Lipinski definition) is 6. The Hall–Kier alpha value is -3.80. The van der Waals surface area contributed by atoms with E-state index in [1.165, 1.54) is 5.57 Å². The standard InChI is InChI=1S/C30H35N7O/c1-35(26-13-20-36(21-14-26)18-4-2-3-15-31)30(38)25-9-7-23(8-10-25)22-28-33-29-27(6-5-19-37(29)34-28)24-11-16-32-17-12-24/h2-3,5-11,19,26,32H,4,12-14,16-18,20-22H2,1H3/b3-2+. The Morgan fingerprint density at radius 1 is 1.24 bits per heavy atom. The van der Waals surface area contributed by atoms with Crippen LogP contribution >= 0.6 is 0 Å². The molecule has 196 valence electrons. The summed E-state index contributed by atoms with van der Waals surface area (Å²) in [4.78, 5) is 22.3. The largest absolute Gasteiger partial charge is 0.339 e. The van der Waals surface area contributed by atoms with E-state index in [2.05, 4.69) is 22.4 Å². The molecule has 0 radical (unpaired) electrons. The first-order chi connectivity index (χ1) is 18.6. The monoisotopic (exact) mass is 509 g/mol. The van der Waals surface area contributed by atoms with Crippen LogP contribution in [0.15, 0.2) is 60.8 Å². The first kappa shape index (κ1) is 25.8. The minimum absolute atomic E-state index is 0.0673. The molecule has 1 fully saturated rings. The Labute approximate surface area is 224 Å². The Bertz CT molecular complexity index is 1360. The van der Waals surface area contributed by atoms with Crippen molar-refractivity contribution in [3.63, 3.8) is 0 Å². The highest BCUT2D eigenvalue weighted by Crippen LogP contribution is 2.24. The second-order valence-corrected chi connectivity index (χ2v) is 10.1. The molecule has 0 unspecified atom stereocenters. The smallest absolute Gasteiger partial charge is 0.253 e. The molecular weight excluding hydrogens is 474 g/mol. The lowest BCUT2D eigenvalue weighted by Gasteiger charge is -2.36. The number of allylic oxidation sites excluding steroid dienone is 1. The number of nitrogens with zero attached hydrogens (tertiary/aromatic N) is 6. The summed E-state index contributed by atoms with van der Waals surface area (Å²) in [5.74, 6) is 0.843. The van der Waals surface area contributed by atoms with E-state index < -0.39 is 0 Å². The maximum Gasteiger partial charge on any atom is 0.253 e. The summed E-state index contributed by atoms with van der Waals surface area (Å²) in [6.45, 7) is 4.78. The number of likely N-dealkylation sites (tertiary alicyclic amines) is 1. The van der Waals surface area contributed by atoms with E-state index in [9.17, 15) is 4.79 Å². The van der Waals surface area contributed by atoms with E-state index in [1.54, 1.807) is 6.08 Å². The average molecular weight is 510 g/mol. The van der Waals surface area contributed by atoms with Crippen LogP contribution in [-0.2, 0) is 6.42 Å². The van der Waals surface area contributed by atoms with Gasteiger partial charge in [-0.25, -0.2) is 9.50 Å². The molecule has 2 aliphatic heterocycles. The van der Waals surface area contributed by atoms with E-state index in [1.807, 2.05) is 65.1 Å². The molecular formula is C30H35N7O. The van der Waals surface area contributed by atoms with Crippen molar-refractivity contribution in [2.45, 2.75) is 38.1 Å². The van der Waals surface area contributed by atoms with Gasteiger partial charge >= 0.3 is 0 Å². The minimum atomic E-state index is 0.0673. The molecule has 1 aromatic carbocycles. The molecule has 3 aromatic rings. The summed E-state index contributed by atoms with van der Waals surface area (Å²) in [5, 5.41) is 16.7. The van der Waals surface area contributed by atoms with Gasteiger partial charge in [0, 0.05) is 69.1 Å². The molecule has 2 aromatic heterocycles. The molecule has 8 nitrogen and oxygen atoms in total. The van der Waals surface area contributed by atoms with Crippen LogP contribution in [0, 0.1) is 11.3 Å². The van der Waals surface area contributed by atoms with E-state index in [-0.39, 0.29) is 11.9 Å². The number of carbonyl (C=O) groups excluding carboxylic acids is 1. The highest BCUT2D eigenvalue weighted by molar-refractivity contribution is 5.94. The van der Waals surface area contributed by atoms with Gasteiger partial charge in [-0.3, -0.25) is 4.79 Å². The van der Waals surface area contributed by atoms with Crippen LogP contribution in [0.5, 0.6) is 0 Å². The Morgan fingerprint density at radius 3 is 2.79 bits per heavy atom. The summed E-state index contributed by atoms with van der Waals surface area (Å²) in [5.41, 5.74) is 5.16. The van der Waals surface area contributed by atoms with Crippen LogP contribution in [0.4, 0.5) is 0 Å². The third kappa shape index (κ3) is 6.01. The zero-order valence-electron chi connectivity index (χ0n) is 22.0. The normalized spacial score (nSPS) is 17.0. The van der Waals surface area contributed by atoms with Gasteiger partial charge in [0.05, 0.1) is 6.07 Å². The molecule has 8 heteroatoms. The van der Waals surface area contributed by atoms with Crippen LogP contribution < -0.4 is 5.32 Å². The molecule has 0 spiro atoms. The molecule has 0 bridgehead atoms. The number of rotatable bonds is 8. The SMILES string of the molecule is CN(C(=O)c1ccc(Cc2nc3c(C4=CCNCC4)cccn3n2)cc1)C1CCN(CC/C=C/C#N)CC1. The Balaban J connectivity index is 1.19. The molecule has 1 N–H and O–H groups in total. The van der Waals surface area contributed by atoms with Gasteiger partial charge in [-0.1, -0.05) is 24.3 Å². The van der Waals surface area contributed by atoms with Crippen molar-refractivity contribution in [1.29, 1.82) is 5.26 Å². The van der Waals surface area contributed by atoms with Crippen LogP contribution in [0.3, 0.4) is 0 Å². The van der Waals surface area contributed by atoms with Crippen LogP contribution in [0.2, 0.25) is 0 Å². The van der Waals surface area contributed by atoms with Crippen molar-refractivity contribution in [3.05, 3.63) is 83.3 Å². The predicted molar refractivity (Wildman–Crippen MR) is 149 cm³/mol. The summed E-state index contributed by atoms with van der Waals surface area (Å²) in [6, 6.07) is 14.3. The van der Waals surface area contributed by atoms with Crippen molar-refractivity contribution in [3.8, 4) is 6.07 Å². The number of benzene rings is 1. The Kier molecular flexibility index (Phi) is 8.27. The lowest BCUT2D eigenvalue weighted by atomic mass is 10.0. The van der Waals surface area contributed by atoms with Crippen molar-refractivity contribution < 1.29 is 4.79 Å². The van der Waals surface area contributed by atoms with Crippen LogP contribution in [-0.4, -0.2) is 76.1 Å². The minimum Gasteiger partial charge on any atom is -0.339 e. The van der Waals surface area contributed by atoms with E-state index in [0.717, 1.165) is 81.0 Å².